The number of nitrogens with two attached hydrogens (primary N) is 1. The predicted octanol–water partition coefficient (Wildman–Crippen LogP) is 2.53. The van der Waals surface area contributed by atoms with Crippen molar-refractivity contribution in [2.75, 3.05) is 5.73 Å². The van der Waals surface area contributed by atoms with Crippen LogP contribution in [0.4, 0.5) is 5.69 Å². The summed E-state index contributed by atoms with van der Waals surface area (Å²) in [5.74, 6) is 0. The second-order valence-corrected chi connectivity index (χ2v) is 6.15. The standard InChI is InChI=1S/C13H19BClNO2/c1-8-10(16)7-6-9(11(8)15)14-17-12(2,3)13(4,5)18-14/h6-7H,16H2,1-5H3. The highest BCUT2D eigenvalue weighted by Gasteiger charge is 2.52. The van der Waals surface area contributed by atoms with E-state index < -0.39 is 7.12 Å². The molecule has 0 amide bonds. The molecule has 1 aromatic carbocycles. The Hall–Kier alpha value is -0.705. The second kappa shape index (κ2) is 4.15. The quantitative estimate of drug-likeness (QED) is 0.628. The first-order valence-corrected chi connectivity index (χ1v) is 6.43. The van der Waals surface area contributed by atoms with Crippen molar-refractivity contribution in [2.45, 2.75) is 45.8 Å². The van der Waals surface area contributed by atoms with E-state index in [1.165, 1.54) is 0 Å². The summed E-state index contributed by atoms with van der Waals surface area (Å²) < 4.78 is 12.0. The molecule has 5 heteroatoms. The van der Waals surface area contributed by atoms with E-state index in [9.17, 15) is 0 Å². The van der Waals surface area contributed by atoms with E-state index in [1.54, 1.807) is 0 Å². The van der Waals surface area contributed by atoms with E-state index in [1.807, 2.05) is 46.8 Å². The lowest BCUT2D eigenvalue weighted by atomic mass is 9.78. The van der Waals surface area contributed by atoms with Gasteiger partial charge in [-0.15, -0.1) is 0 Å². The van der Waals surface area contributed by atoms with Crippen LogP contribution in [0.25, 0.3) is 0 Å². The average molecular weight is 268 g/mol. The monoisotopic (exact) mass is 267 g/mol. The fraction of sp³-hybridized carbons (Fsp3) is 0.538. The molecule has 0 unspecified atom stereocenters. The Morgan fingerprint density at radius 3 is 2.11 bits per heavy atom. The number of benzene rings is 1. The molecule has 1 aliphatic rings. The molecule has 98 valence electrons. The summed E-state index contributed by atoms with van der Waals surface area (Å²) in [6, 6.07) is 3.70. The lowest BCUT2D eigenvalue weighted by molar-refractivity contribution is 0.00578. The molecule has 0 saturated carbocycles. The number of hydrogen-bond donors (Lipinski definition) is 1. The van der Waals surface area contributed by atoms with Gasteiger partial charge < -0.3 is 15.0 Å². The Balaban J connectivity index is 2.39. The van der Waals surface area contributed by atoms with Gasteiger partial charge in [0.15, 0.2) is 0 Å². The maximum Gasteiger partial charge on any atom is 0.496 e. The van der Waals surface area contributed by atoms with Gasteiger partial charge in [0.05, 0.1) is 11.2 Å². The summed E-state index contributed by atoms with van der Waals surface area (Å²) >= 11 is 6.32. The molecular weight excluding hydrogens is 248 g/mol. The molecule has 3 nitrogen and oxygen atoms in total. The van der Waals surface area contributed by atoms with E-state index in [2.05, 4.69) is 0 Å². The van der Waals surface area contributed by atoms with Crippen LogP contribution in [0.3, 0.4) is 0 Å². The predicted molar refractivity (Wildman–Crippen MR) is 76.3 cm³/mol. The highest BCUT2D eigenvalue weighted by molar-refractivity contribution is 6.65. The van der Waals surface area contributed by atoms with Crippen molar-refractivity contribution in [2.24, 2.45) is 0 Å². The van der Waals surface area contributed by atoms with E-state index in [-0.39, 0.29) is 11.2 Å². The van der Waals surface area contributed by atoms with E-state index >= 15 is 0 Å². The number of nitrogen functional groups attached to an aromatic ring is 1. The SMILES string of the molecule is Cc1c(N)ccc(B2OC(C)(C)C(C)(C)O2)c1Cl. The van der Waals surface area contributed by atoms with Crippen molar-refractivity contribution in [1.82, 2.24) is 0 Å². The molecule has 0 spiro atoms. The highest BCUT2D eigenvalue weighted by atomic mass is 35.5. The van der Waals surface area contributed by atoms with Crippen LogP contribution in [0.15, 0.2) is 12.1 Å². The van der Waals surface area contributed by atoms with Crippen molar-refractivity contribution in [3.8, 4) is 0 Å². The summed E-state index contributed by atoms with van der Waals surface area (Å²) in [4.78, 5) is 0. The van der Waals surface area contributed by atoms with Gasteiger partial charge in [-0.05, 0) is 46.2 Å². The molecule has 1 aromatic rings. The molecule has 18 heavy (non-hydrogen) atoms. The van der Waals surface area contributed by atoms with Gasteiger partial charge in [-0.3, -0.25) is 0 Å². The Morgan fingerprint density at radius 2 is 1.61 bits per heavy atom. The van der Waals surface area contributed by atoms with Crippen molar-refractivity contribution >= 4 is 29.9 Å². The third-order valence-corrected chi connectivity index (χ3v) is 4.47. The summed E-state index contributed by atoms with van der Waals surface area (Å²) in [6.07, 6.45) is 0. The topological polar surface area (TPSA) is 44.5 Å². The number of hydrogen-bond acceptors (Lipinski definition) is 3. The number of anilines is 1. The minimum atomic E-state index is -0.443. The van der Waals surface area contributed by atoms with Crippen molar-refractivity contribution < 1.29 is 9.31 Å². The van der Waals surface area contributed by atoms with Crippen LogP contribution in [0, 0.1) is 6.92 Å². The maximum atomic E-state index is 6.32. The molecule has 1 heterocycles. The van der Waals surface area contributed by atoms with Crippen molar-refractivity contribution in [3.05, 3.63) is 22.7 Å². The van der Waals surface area contributed by atoms with Crippen LogP contribution >= 0.6 is 11.6 Å². The van der Waals surface area contributed by atoms with Gasteiger partial charge in [0, 0.05) is 16.2 Å². The largest absolute Gasteiger partial charge is 0.496 e. The fourth-order valence-corrected chi connectivity index (χ4v) is 2.13. The van der Waals surface area contributed by atoms with Crippen LogP contribution in [-0.2, 0) is 9.31 Å². The average Bonchev–Trinajstić information content (AvgIpc) is 2.45. The van der Waals surface area contributed by atoms with Gasteiger partial charge >= 0.3 is 7.12 Å². The third-order valence-electron chi connectivity index (χ3n) is 3.97. The lowest BCUT2D eigenvalue weighted by Crippen LogP contribution is -2.41. The van der Waals surface area contributed by atoms with Crippen LogP contribution in [0.5, 0.6) is 0 Å². The molecule has 0 aromatic heterocycles. The molecule has 0 bridgehead atoms. The zero-order valence-corrected chi connectivity index (χ0v) is 12.3. The smallest absolute Gasteiger partial charge is 0.399 e. The summed E-state index contributed by atoms with van der Waals surface area (Å²) in [5.41, 5.74) is 7.48. The molecule has 0 radical (unpaired) electrons. The van der Waals surface area contributed by atoms with Crippen molar-refractivity contribution in [1.29, 1.82) is 0 Å². The summed E-state index contributed by atoms with van der Waals surface area (Å²) in [6.45, 7) is 9.97. The van der Waals surface area contributed by atoms with Gasteiger partial charge in [-0.2, -0.15) is 0 Å². The van der Waals surface area contributed by atoms with Gasteiger partial charge in [0.2, 0.25) is 0 Å². The van der Waals surface area contributed by atoms with Gasteiger partial charge in [0.25, 0.3) is 0 Å². The fourth-order valence-electron chi connectivity index (χ4n) is 1.87. The summed E-state index contributed by atoms with van der Waals surface area (Å²) in [5, 5.41) is 0.619. The van der Waals surface area contributed by atoms with Crippen LogP contribution in [-0.4, -0.2) is 18.3 Å². The molecule has 0 aliphatic carbocycles. The molecule has 1 saturated heterocycles. The summed E-state index contributed by atoms with van der Waals surface area (Å²) in [7, 11) is -0.443. The molecule has 1 fully saturated rings. The highest BCUT2D eigenvalue weighted by Crippen LogP contribution is 2.37. The van der Waals surface area contributed by atoms with E-state index in [4.69, 9.17) is 26.6 Å². The minimum absolute atomic E-state index is 0.365. The zero-order chi connectivity index (χ0) is 13.7. The Bertz CT molecular complexity index is 472. The van der Waals surface area contributed by atoms with Gasteiger partial charge in [-0.25, -0.2) is 0 Å². The number of halogens is 1. The first-order chi connectivity index (χ1) is 8.16. The first-order valence-electron chi connectivity index (χ1n) is 6.06. The normalized spacial score (nSPS) is 21.3. The lowest BCUT2D eigenvalue weighted by Gasteiger charge is -2.32. The van der Waals surface area contributed by atoms with Crippen LogP contribution < -0.4 is 11.2 Å². The first kappa shape index (κ1) is 13.7. The molecule has 2 rings (SSSR count). The molecule has 2 N–H and O–H groups in total. The van der Waals surface area contributed by atoms with E-state index in [0.29, 0.717) is 10.7 Å². The zero-order valence-electron chi connectivity index (χ0n) is 11.5. The van der Waals surface area contributed by atoms with Crippen molar-refractivity contribution in [3.63, 3.8) is 0 Å². The van der Waals surface area contributed by atoms with Gasteiger partial charge in [-0.1, -0.05) is 17.7 Å². The minimum Gasteiger partial charge on any atom is -0.399 e. The van der Waals surface area contributed by atoms with Crippen LogP contribution in [0.1, 0.15) is 33.3 Å². The Morgan fingerprint density at radius 1 is 1.11 bits per heavy atom. The van der Waals surface area contributed by atoms with Crippen LogP contribution in [0.2, 0.25) is 5.02 Å². The number of rotatable bonds is 1. The van der Waals surface area contributed by atoms with E-state index in [0.717, 1.165) is 11.0 Å². The second-order valence-electron chi connectivity index (χ2n) is 5.77. The Kier molecular flexibility index (Phi) is 3.17. The third kappa shape index (κ3) is 2.02. The molecular formula is C13H19BClNO2. The Labute approximate surface area is 114 Å². The molecule has 0 atom stereocenters. The molecule has 1 aliphatic heterocycles. The maximum absolute atomic E-state index is 6.32. The van der Waals surface area contributed by atoms with Gasteiger partial charge in [0.1, 0.15) is 0 Å².